The van der Waals surface area contributed by atoms with Crippen LogP contribution in [-0.4, -0.2) is 17.6 Å². The van der Waals surface area contributed by atoms with Crippen LogP contribution in [0.25, 0.3) is 0 Å². The van der Waals surface area contributed by atoms with Crippen LogP contribution in [0.15, 0.2) is 12.3 Å². The van der Waals surface area contributed by atoms with Crippen LogP contribution in [0.4, 0.5) is 5.82 Å². The van der Waals surface area contributed by atoms with Gasteiger partial charge < -0.3 is 10.1 Å². The van der Waals surface area contributed by atoms with Gasteiger partial charge >= 0.3 is 0 Å². The monoisotopic (exact) mass is 164 g/mol. The minimum Gasteiger partial charge on any atom is -0.488 e. The Morgan fingerprint density at radius 1 is 1.67 bits per heavy atom. The van der Waals surface area contributed by atoms with Gasteiger partial charge in [0.2, 0.25) is 0 Å². The summed E-state index contributed by atoms with van der Waals surface area (Å²) in [7, 11) is 0. The number of fused-ring (bicyclic) bond motifs is 1. The largest absolute Gasteiger partial charge is 0.488 e. The molecule has 0 saturated heterocycles. The summed E-state index contributed by atoms with van der Waals surface area (Å²) in [6, 6.07) is 2.36. The van der Waals surface area contributed by atoms with E-state index in [9.17, 15) is 0 Å². The van der Waals surface area contributed by atoms with Crippen molar-refractivity contribution in [1.29, 1.82) is 0 Å². The first-order valence-corrected chi connectivity index (χ1v) is 4.11. The highest BCUT2D eigenvalue weighted by atomic mass is 16.5. The Kier molecular flexibility index (Phi) is 1.64. The lowest BCUT2D eigenvalue weighted by Gasteiger charge is -2.23. The van der Waals surface area contributed by atoms with Crippen LogP contribution in [0.1, 0.15) is 12.5 Å². The molecule has 1 aliphatic rings. The predicted molar refractivity (Wildman–Crippen MR) is 47.6 cm³/mol. The minimum absolute atomic E-state index is 0.354. The van der Waals surface area contributed by atoms with Crippen molar-refractivity contribution in [2.75, 3.05) is 11.9 Å². The summed E-state index contributed by atoms with van der Waals surface area (Å²) in [6.07, 6.45) is 1.84. The van der Waals surface area contributed by atoms with Crippen LogP contribution in [-0.2, 0) is 0 Å². The number of hydrogen-bond acceptors (Lipinski definition) is 3. The molecule has 3 nitrogen and oxygen atoms in total. The fourth-order valence-corrected chi connectivity index (χ4v) is 1.25. The van der Waals surface area contributed by atoms with Gasteiger partial charge in [0.05, 0.1) is 6.04 Å². The van der Waals surface area contributed by atoms with E-state index < -0.39 is 0 Å². The number of nitrogens with one attached hydrogen (secondary N) is 1. The van der Waals surface area contributed by atoms with Crippen molar-refractivity contribution < 1.29 is 4.74 Å². The second kappa shape index (κ2) is 2.66. The van der Waals surface area contributed by atoms with Crippen molar-refractivity contribution in [2.24, 2.45) is 0 Å². The van der Waals surface area contributed by atoms with E-state index in [2.05, 4.69) is 17.2 Å². The molecule has 0 amide bonds. The number of hydrogen-bond donors (Lipinski definition) is 1. The molecule has 1 aromatic heterocycles. The van der Waals surface area contributed by atoms with E-state index in [0.717, 1.165) is 23.7 Å². The molecule has 12 heavy (non-hydrogen) atoms. The van der Waals surface area contributed by atoms with Crippen molar-refractivity contribution in [3.8, 4) is 5.75 Å². The summed E-state index contributed by atoms with van der Waals surface area (Å²) in [5.74, 6) is 1.73. The quantitative estimate of drug-likeness (QED) is 0.632. The molecule has 1 atom stereocenters. The van der Waals surface area contributed by atoms with Gasteiger partial charge in [-0.15, -0.1) is 0 Å². The van der Waals surface area contributed by atoms with Gasteiger partial charge in [-0.25, -0.2) is 4.98 Å². The van der Waals surface area contributed by atoms with Gasteiger partial charge in [0.15, 0.2) is 11.6 Å². The van der Waals surface area contributed by atoms with Gasteiger partial charge in [-0.1, -0.05) is 0 Å². The Hall–Kier alpha value is -1.25. The molecule has 0 spiro atoms. The molecule has 0 saturated carbocycles. The lowest BCUT2D eigenvalue weighted by molar-refractivity contribution is 0.289. The van der Waals surface area contributed by atoms with Crippen LogP contribution in [0.3, 0.4) is 0 Å². The fraction of sp³-hybridized carbons (Fsp3) is 0.444. The van der Waals surface area contributed by atoms with E-state index in [1.165, 1.54) is 0 Å². The molecular weight excluding hydrogens is 152 g/mol. The smallest absolute Gasteiger partial charge is 0.169 e. The Balaban J connectivity index is 2.37. The Bertz CT molecular complexity index is 299. The van der Waals surface area contributed by atoms with Crippen molar-refractivity contribution in [3.05, 3.63) is 17.8 Å². The molecular formula is C9H12N2O. The molecule has 64 valence electrons. The first-order valence-electron chi connectivity index (χ1n) is 4.11. The molecule has 0 radical (unpaired) electrons. The summed E-state index contributed by atoms with van der Waals surface area (Å²) in [5.41, 5.74) is 1.13. The zero-order chi connectivity index (χ0) is 8.55. The summed E-state index contributed by atoms with van der Waals surface area (Å²) in [5, 5.41) is 3.25. The average Bonchev–Trinajstić information content (AvgIpc) is 2.05. The molecule has 2 rings (SSSR count). The van der Waals surface area contributed by atoms with Gasteiger partial charge in [0.25, 0.3) is 0 Å². The number of rotatable bonds is 0. The number of aryl methyl sites for hydroxylation is 1. The van der Waals surface area contributed by atoms with Gasteiger partial charge in [-0.2, -0.15) is 0 Å². The van der Waals surface area contributed by atoms with Crippen LogP contribution in [0.5, 0.6) is 5.75 Å². The van der Waals surface area contributed by atoms with Crippen molar-refractivity contribution >= 4 is 5.82 Å². The van der Waals surface area contributed by atoms with Gasteiger partial charge in [-0.3, -0.25) is 0 Å². The van der Waals surface area contributed by atoms with Crippen molar-refractivity contribution in [1.82, 2.24) is 4.98 Å². The van der Waals surface area contributed by atoms with Crippen molar-refractivity contribution in [2.45, 2.75) is 19.9 Å². The standard InChI is InChI=1S/C9H12N2O/c1-6-3-8-9(10-4-6)11-7(2)5-12-8/h3-4,7H,5H2,1-2H3,(H,10,11). The zero-order valence-electron chi connectivity index (χ0n) is 7.29. The second-order valence-corrected chi connectivity index (χ2v) is 3.22. The van der Waals surface area contributed by atoms with E-state index in [-0.39, 0.29) is 0 Å². The topological polar surface area (TPSA) is 34.1 Å². The minimum atomic E-state index is 0.354. The zero-order valence-corrected chi connectivity index (χ0v) is 7.29. The molecule has 3 heteroatoms. The maximum atomic E-state index is 5.49. The average molecular weight is 164 g/mol. The van der Waals surface area contributed by atoms with E-state index >= 15 is 0 Å². The highest BCUT2D eigenvalue weighted by Gasteiger charge is 2.15. The Morgan fingerprint density at radius 3 is 3.33 bits per heavy atom. The normalized spacial score (nSPS) is 20.7. The van der Waals surface area contributed by atoms with Crippen LogP contribution in [0, 0.1) is 6.92 Å². The molecule has 1 unspecified atom stereocenters. The Morgan fingerprint density at radius 2 is 2.50 bits per heavy atom. The highest BCUT2D eigenvalue weighted by molar-refractivity contribution is 5.53. The van der Waals surface area contributed by atoms with Crippen LogP contribution >= 0.6 is 0 Å². The number of aromatic nitrogens is 1. The lowest BCUT2D eigenvalue weighted by Crippen LogP contribution is -2.28. The van der Waals surface area contributed by atoms with E-state index in [1.54, 1.807) is 0 Å². The summed E-state index contributed by atoms with van der Waals surface area (Å²) in [6.45, 7) is 4.80. The van der Waals surface area contributed by atoms with Gasteiger partial charge in [0.1, 0.15) is 6.61 Å². The summed E-state index contributed by atoms with van der Waals surface area (Å²) >= 11 is 0. The van der Waals surface area contributed by atoms with Gasteiger partial charge in [0, 0.05) is 6.20 Å². The van der Waals surface area contributed by atoms with Crippen LogP contribution in [0.2, 0.25) is 0 Å². The number of ether oxygens (including phenoxy) is 1. The molecule has 1 N–H and O–H groups in total. The SMILES string of the molecule is Cc1cnc2c(c1)OCC(C)N2. The molecule has 0 aliphatic carbocycles. The molecule has 1 aromatic rings. The van der Waals surface area contributed by atoms with Gasteiger partial charge in [-0.05, 0) is 25.5 Å². The lowest BCUT2D eigenvalue weighted by atomic mass is 10.2. The number of anilines is 1. The maximum Gasteiger partial charge on any atom is 0.169 e. The molecule has 2 heterocycles. The van der Waals surface area contributed by atoms with E-state index in [1.807, 2.05) is 19.2 Å². The van der Waals surface area contributed by atoms with Crippen LogP contribution < -0.4 is 10.1 Å². The first kappa shape index (κ1) is 7.40. The third kappa shape index (κ3) is 1.22. The van der Waals surface area contributed by atoms with Crippen molar-refractivity contribution in [3.63, 3.8) is 0 Å². The highest BCUT2D eigenvalue weighted by Crippen LogP contribution is 2.26. The van der Waals surface area contributed by atoms with E-state index in [0.29, 0.717) is 6.04 Å². The fourth-order valence-electron chi connectivity index (χ4n) is 1.25. The molecule has 0 bridgehead atoms. The Labute approximate surface area is 71.8 Å². The number of pyridine rings is 1. The molecule has 0 fully saturated rings. The third-order valence-electron chi connectivity index (χ3n) is 1.86. The molecule has 0 aromatic carbocycles. The van der Waals surface area contributed by atoms with E-state index in [4.69, 9.17) is 4.74 Å². The summed E-state index contributed by atoms with van der Waals surface area (Å²) in [4.78, 5) is 4.23. The predicted octanol–water partition coefficient (Wildman–Crippen LogP) is 1.58. The third-order valence-corrected chi connectivity index (χ3v) is 1.86. The molecule has 1 aliphatic heterocycles. The second-order valence-electron chi connectivity index (χ2n) is 3.22. The first-order chi connectivity index (χ1) is 5.75. The number of nitrogens with zero attached hydrogens (tertiary/aromatic N) is 1. The summed E-state index contributed by atoms with van der Waals surface area (Å²) < 4.78 is 5.49. The maximum absolute atomic E-state index is 5.49.